The monoisotopic (exact) mass is 270 g/mol. The lowest BCUT2D eigenvalue weighted by molar-refractivity contribution is 0.101. The van der Waals surface area contributed by atoms with Gasteiger partial charge in [-0.1, -0.05) is 12.1 Å². The van der Waals surface area contributed by atoms with E-state index in [9.17, 15) is 4.79 Å². The van der Waals surface area contributed by atoms with Crippen LogP contribution in [-0.2, 0) is 13.5 Å². The van der Waals surface area contributed by atoms with Gasteiger partial charge in [-0.25, -0.2) is 0 Å². The van der Waals surface area contributed by atoms with Gasteiger partial charge in [0, 0.05) is 13.6 Å². The molecular formula is C15H18N4O. The third kappa shape index (κ3) is 2.27. The Balaban J connectivity index is 1.88. The summed E-state index contributed by atoms with van der Waals surface area (Å²) in [5, 5.41) is 10.6. The zero-order chi connectivity index (χ0) is 14.1. The first-order valence-corrected chi connectivity index (χ1v) is 6.83. The zero-order valence-corrected chi connectivity index (χ0v) is 11.7. The van der Waals surface area contributed by atoms with Gasteiger partial charge in [0.25, 0.3) is 5.91 Å². The molecule has 0 fully saturated rings. The summed E-state index contributed by atoms with van der Waals surface area (Å²) in [4.78, 5) is 12.3. The summed E-state index contributed by atoms with van der Waals surface area (Å²) < 4.78 is 1.60. The summed E-state index contributed by atoms with van der Waals surface area (Å²) in [6, 6.07) is 7.80. The third-order valence-electron chi connectivity index (χ3n) is 3.56. The van der Waals surface area contributed by atoms with Crippen molar-refractivity contribution in [3.05, 3.63) is 41.2 Å². The fourth-order valence-electron chi connectivity index (χ4n) is 2.62. The molecule has 104 valence electrons. The van der Waals surface area contributed by atoms with Crippen LogP contribution in [0, 0.1) is 6.92 Å². The number of nitrogens with zero attached hydrogens (tertiary/aromatic N) is 2. The summed E-state index contributed by atoms with van der Waals surface area (Å²) >= 11 is 0. The topological polar surface area (TPSA) is 59.0 Å². The predicted octanol–water partition coefficient (Wildman–Crippen LogP) is 2.34. The second-order valence-electron chi connectivity index (χ2n) is 5.12. The van der Waals surface area contributed by atoms with Gasteiger partial charge in [-0.3, -0.25) is 9.48 Å². The molecule has 0 aliphatic carbocycles. The Morgan fingerprint density at radius 3 is 3.05 bits per heavy atom. The van der Waals surface area contributed by atoms with Crippen molar-refractivity contribution >= 4 is 17.3 Å². The van der Waals surface area contributed by atoms with E-state index in [1.165, 1.54) is 5.56 Å². The van der Waals surface area contributed by atoms with Crippen LogP contribution < -0.4 is 10.6 Å². The van der Waals surface area contributed by atoms with Gasteiger partial charge in [0.1, 0.15) is 5.69 Å². The molecule has 0 atom stereocenters. The fraction of sp³-hybridized carbons (Fsp3) is 0.333. The highest BCUT2D eigenvalue weighted by Crippen LogP contribution is 2.30. The number of para-hydroxylation sites is 1. The zero-order valence-electron chi connectivity index (χ0n) is 11.7. The molecule has 2 aromatic rings. The lowest BCUT2D eigenvalue weighted by Crippen LogP contribution is -2.19. The maximum absolute atomic E-state index is 12.3. The first-order valence-electron chi connectivity index (χ1n) is 6.83. The van der Waals surface area contributed by atoms with Crippen LogP contribution in [0.2, 0.25) is 0 Å². The van der Waals surface area contributed by atoms with Crippen LogP contribution in [0.1, 0.15) is 28.2 Å². The lowest BCUT2D eigenvalue weighted by Gasteiger charge is -2.21. The minimum atomic E-state index is -0.131. The van der Waals surface area contributed by atoms with E-state index >= 15 is 0 Å². The van der Waals surface area contributed by atoms with Crippen molar-refractivity contribution in [1.82, 2.24) is 9.78 Å². The van der Waals surface area contributed by atoms with E-state index in [0.29, 0.717) is 5.69 Å². The molecule has 0 radical (unpaired) electrons. The normalized spacial score (nSPS) is 13.5. The largest absolute Gasteiger partial charge is 0.383 e. The molecule has 2 N–H and O–H groups in total. The van der Waals surface area contributed by atoms with E-state index in [1.54, 1.807) is 17.8 Å². The van der Waals surface area contributed by atoms with Crippen LogP contribution in [0.15, 0.2) is 24.3 Å². The molecular weight excluding hydrogens is 252 g/mol. The highest BCUT2D eigenvalue weighted by atomic mass is 16.2. The second-order valence-corrected chi connectivity index (χ2v) is 5.12. The summed E-state index contributed by atoms with van der Waals surface area (Å²) in [5.74, 6) is -0.131. The Labute approximate surface area is 118 Å². The Kier molecular flexibility index (Phi) is 3.18. The maximum atomic E-state index is 12.3. The number of amides is 1. The molecule has 3 rings (SSSR count). The quantitative estimate of drug-likeness (QED) is 0.880. The molecule has 0 bridgehead atoms. The Morgan fingerprint density at radius 2 is 2.30 bits per heavy atom. The SMILES string of the molecule is Cc1cc(C(=O)Nc2cccc3c2NCCC3)n(C)n1. The van der Waals surface area contributed by atoms with Gasteiger partial charge < -0.3 is 10.6 Å². The van der Waals surface area contributed by atoms with Crippen LogP contribution >= 0.6 is 0 Å². The van der Waals surface area contributed by atoms with Gasteiger partial charge >= 0.3 is 0 Å². The molecule has 0 unspecified atom stereocenters. The van der Waals surface area contributed by atoms with E-state index in [-0.39, 0.29) is 5.91 Å². The van der Waals surface area contributed by atoms with Crippen molar-refractivity contribution in [2.24, 2.45) is 7.05 Å². The summed E-state index contributed by atoms with van der Waals surface area (Å²) in [7, 11) is 1.78. The van der Waals surface area contributed by atoms with Crippen molar-refractivity contribution in [2.75, 3.05) is 17.2 Å². The van der Waals surface area contributed by atoms with Crippen LogP contribution in [0.3, 0.4) is 0 Å². The van der Waals surface area contributed by atoms with Crippen molar-refractivity contribution < 1.29 is 4.79 Å². The molecule has 5 heteroatoms. The number of benzene rings is 1. The standard InChI is InChI=1S/C15H18N4O/c1-10-9-13(19(2)18-10)15(20)17-12-7-3-5-11-6-4-8-16-14(11)12/h3,5,7,9,16H,4,6,8H2,1-2H3,(H,17,20). The first-order chi connectivity index (χ1) is 9.65. The number of aryl methyl sites for hydroxylation is 3. The number of aromatic nitrogens is 2. The number of hydrogen-bond acceptors (Lipinski definition) is 3. The molecule has 0 saturated carbocycles. The van der Waals surface area contributed by atoms with Gasteiger partial charge in [0.2, 0.25) is 0 Å². The number of carbonyl (C=O) groups is 1. The molecule has 1 aliphatic heterocycles. The third-order valence-corrected chi connectivity index (χ3v) is 3.56. The Bertz CT molecular complexity index is 660. The number of carbonyl (C=O) groups excluding carboxylic acids is 1. The molecule has 1 aromatic carbocycles. The minimum absolute atomic E-state index is 0.131. The minimum Gasteiger partial charge on any atom is -0.383 e. The van der Waals surface area contributed by atoms with E-state index in [4.69, 9.17) is 0 Å². The molecule has 0 spiro atoms. The number of anilines is 2. The van der Waals surface area contributed by atoms with Crippen LogP contribution in [0.4, 0.5) is 11.4 Å². The molecule has 2 heterocycles. The lowest BCUT2D eigenvalue weighted by atomic mass is 10.0. The number of hydrogen-bond donors (Lipinski definition) is 2. The predicted molar refractivity (Wildman–Crippen MR) is 79.2 cm³/mol. The van der Waals surface area contributed by atoms with E-state index in [0.717, 1.165) is 36.5 Å². The van der Waals surface area contributed by atoms with Crippen LogP contribution in [0.25, 0.3) is 0 Å². The first kappa shape index (κ1) is 12.7. The van der Waals surface area contributed by atoms with Crippen LogP contribution in [-0.4, -0.2) is 22.2 Å². The number of rotatable bonds is 2. The van der Waals surface area contributed by atoms with E-state index in [1.807, 2.05) is 19.1 Å². The molecule has 1 aliphatic rings. The second kappa shape index (κ2) is 5.00. The van der Waals surface area contributed by atoms with Crippen molar-refractivity contribution in [3.63, 3.8) is 0 Å². The van der Waals surface area contributed by atoms with Gasteiger partial charge in [-0.15, -0.1) is 0 Å². The van der Waals surface area contributed by atoms with Gasteiger partial charge in [0.15, 0.2) is 0 Å². The summed E-state index contributed by atoms with van der Waals surface area (Å²) in [6.45, 7) is 2.83. The fourth-order valence-corrected chi connectivity index (χ4v) is 2.62. The van der Waals surface area contributed by atoms with Crippen LogP contribution in [0.5, 0.6) is 0 Å². The average Bonchev–Trinajstić information content (AvgIpc) is 2.78. The van der Waals surface area contributed by atoms with Gasteiger partial charge in [-0.2, -0.15) is 5.10 Å². The number of nitrogens with one attached hydrogen (secondary N) is 2. The Morgan fingerprint density at radius 1 is 1.45 bits per heavy atom. The smallest absolute Gasteiger partial charge is 0.273 e. The maximum Gasteiger partial charge on any atom is 0.273 e. The molecule has 0 saturated heterocycles. The highest BCUT2D eigenvalue weighted by Gasteiger charge is 2.16. The van der Waals surface area contributed by atoms with Crippen molar-refractivity contribution in [1.29, 1.82) is 0 Å². The Hall–Kier alpha value is -2.30. The van der Waals surface area contributed by atoms with Gasteiger partial charge in [-0.05, 0) is 37.5 Å². The highest BCUT2D eigenvalue weighted by molar-refractivity contribution is 6.05. The summed E-state index contributed by atoms with van der Waals surface area (Å²) in [5.41, 5.74) is 4.55. The van der Waals surface area contributed by atoms with Crippen molar-refractivity contribution in [2.45, 2.75) is 19.8 Å². The average molecular weight is 270 g/mol. The van der Waals surface area contributed by atoms with E-state index < -0.39 is 0 Å². The molecule has 5 nitrogen and oxygen atoms in total. The van der Waals surface area contributed by atoms with E-state index in [2.05, 4.69) is 21.8 Å². The summed E-state index contributed by atoms with van der Waals surface area (Å²) in [6.07, 6.45) is 2.18. The van der Waals surface area contributed by atoms with Gasteiger partial charge in [0.05, 0.1) is 17.1 Å². The molecule has 20 heavy (non-hydrogen) atoms. The number of fused-ring (bicyclic) bond motifs is 1. The molecule has 1 amide bonds. The van der Waals surface area contributed by atoms with Crippen molar-refractivity contribution in [3.8, 4) is 0 Å². The molecule has 1 aromatic heterocycles.